The van der Waals surface area contributed by atoms with Crippen LogP contribution in [-0.2, 0) is 11.3 Å². The Labute approximate surface area is 136 Å². The largest absolute Gasteiger partial charge is 0.497 e. The summed E-state index contributed by atoms with van der Waals surface area (Å²) in [5, 5.41) is 0. The maximum absolute atomic E-state index is 6.24. The number of likely N-dealkylation sites (tertiary alicyclic amines) is 1. The monoisotopic (exact) mass is 313 g/mol. The second-order valence-corrected chi connectivity index (χ2v) is 6.67. The minimum atomic E-state index is 0.0216. The number of rotatable bonds is 4. The van der Waals surface area contributed by atoms with Crippen molar-refractivity contribution in [2.45, 2.75) is 31.0 Å². The maximum Gasteiger partial charge on any atom is 0.119 e. The molecule has 2 saturated heterocycles. The molecule has 0 saturated carbocycles. The van der Waals surface area contributed by atoms with E-state index >= 15 is 0 Å². The van der Waals surface area contributed by atoms with Gasteiger partial charge in [0.1, 0.15) is 5.75 Å². The van der Waals surface area contributed by atoms with Crippen LogP contribution in [0, 0.1) is 0 Å². The number of hydrogen-bond donors (Lipinski definition) is 0. The van der Waals surface area contributed by atoms with E-state index in [0.717, 1.165) is 44.8 Å². The fourth-order valence-electron chi connectivity index (χ4n) is 3.87. The molecule has 0 aliphatic carbocycles. The summed E-state index contributed by atoms with van der Waals surface area (Å²) in [5.41, 5.74) is 1.32. The lowest BCUT2D eigenvalue weighted by Gasteiger charge is -2.23. The normalized spacial score (nSPS) is 27.8. The molecule has 0 amide bonds. The quantitative estimate of drug-likeness (QED) is 0.869. The summed E-state index contributed by atoms with van der Waals surface area (Å²) in [4.78, 5) is 6.65. The zero-order chi connectivity index (χ0) is 15.7. The van der Waals surface area contributed by atoms with E-state index in [9.17, 15) is 0 Å². The van der Waals surface area contributed by atoms with Gasteiger partial charge in [-0.2, -0.15) is 0 Å². The third kappa shape index (κ3) is 2.99. The van der Waals surface area contributed by atoms with E-state index in [1.807, 2.05) is 24.8 Å². The van der Waals surface area contributed by atoms with E-state index in [2.05, 4.69) is 32.7 Å². The van der Waals surface area contributed by atoms with Gasteiger partial charge in [-0.05, 0) is 24.1 Å². The lowest BCUT2D eigenvalue weighted by atomic mass is 9.97. The van der Waals surface area contributed by atoms with Gasteiger partial charge in [0, 0.05) is 38.4 Å². The number of imidazole rings is 1. The molecular weight excluding hydrogens is 290 g/mol. The number of benzene rings is 1. The lowest BCUT2D eigenvalue weighted by Crippen LogP contribution is -2.32. The van der Waals surface area contributed by atoms with Crippen LogP contribution < -0.4 is 4.74 Å². The molecule has 2 atom stereocenters. The summed E-state index contributed by atoms with van der Waals surface area (Å²) in [7, 11) is 1.71. The van der Waals surface area contributed by atoms with Gasteiger partial charge in [-0.15, -0.1) is 0 Å². The Hall–Kier alpha value is -1.85. The summed E-state index contributed by atoms with van der Waals surface area (Å²) in [6, 6.07) is 8.76. The number of aromatic nitrogens is 2. The molecule has 0 bridgehead atoms. The molecule has 0 radical (unpaired) electrons. The molecule has 4 rings (SSSR count). The highest BCUT2D eigenvalue weighted by atomic mass is 16.5. The number of methoxy groups -OCH3 is 1. The van der Waals surface area contributed by atoms with Gasteiger partial charge >= 0.3 is 0 Å². The van der Waals surface area contributed by atoms with Crippen molar-refractivity contribution in [1.82, 2.24) is 14.5 Å². The van der Waals surface area contributed by atoms with Gasteiger partial charge in [-0.1, -0.05) is 12.1 Å². The third-order valence-electron chi connectivity index (χ3n) is 5.07. The van der Waals surface area contributed by atoms with Crippen LogP contribution in [0.3, 0.4) is 0 Å². The molecule has 1 aromatic heterocycles. The Balaban J connectivity index is 1.39. The minimum absolute atomic E-state index is 0.0216. The van der Waals surface area contributed by atoms with E-state index < -0.39 is 0 Å². The van der Waals surface area contributed by atoms with Crippen LogP contribution in [0.4, 0.5) is 0 Å². The number of nitrogens with zero attached hydrogens (tertiary/aromatic N) is 3. The van der Waals surface area contributed by atoms with Gasteiger partial charge in [0.25, 0.3) is 0 Å². The molecule has 1 spiro atoms. The third-order valence-corrected chi connectivity index (χ3v) is 5.07. The fourth-order valence-corrected chi connectivity index (χ4v) is 3.87. The van der Waals surface area contributed by atoms with E-state index in [-0.39, 0.29) is 5.60 Å². The van der Waals surface area contributed by atoms with Gasteiger partial charge in [0.15, 0.2) is 0 Å². The molecule has 2 aromatic rings. The first-order valence-corrected chi connectivity index (χ1v) is 8.23. The fraction of sp³-hybridized carbons (Fsp3) is 0.500. The van der Waals surface area contributed by atoms with Crippen molar-refractivity contribution in [3.8, 4) is 5.75 Å². The van der Waals surface area contributed by atoms with Gasteiger partial charge in [0.2, 0.25) is 0 Å². The van der Waals surface area contributed by atoms with Crippen molar-refractivity contribution < 1.29 is 9.47 Å². The highest BCUT2D eigenvalue weighted by Gasteiger charge is 2.45. The average molecular weight is 313 g/mol. The van der Waals surface area contributed by atoms with Crippen LogP contribution in [0.5, 0.6) is 5.75 Å². The Bertz CT molecular complexity index is 658. The van der Waals surface area contributed by atoms with E-state index in [1.165, 1.54) is 5.56 Å². The Morgan fingerprint density at radius 2 is 2.39 bits per heavy atom. The van der Waals surface area contributed by atoms with Crippen LogP contribution in [0.25, 0.3) is 0 Å². The standard InChI is InChI=1S/C18H23N3O2/c1-22-17-4-2-3-15(9-17)11-20-7-5-18(13-20)10-16(12-23-18)21-8-6-19-14-21/h2-4,6,8-9,14,16H,5,7,10-13H2,1H3. The van der Waals surface area contributed by atoms with Gasteiger partial charge < -0.3 is 14.0 Å². The highest BCUT2D eigenvalue weighted by molar-refractivity contribution is 5.28. The predicted molar refractivity (Wildman–Crippen MR) is 87.5 cm³/mol. The molecular formula is C18H23N3O2. The Kier molecular flexibility index (Phi) is 3.83. The van der Waals surface area contributed by atoms with Crippen LogP contribution in [0.1, 0.15) is 24.4 Å². The van der Waals surface area contributed by atoms with Crippen LogP contribution in [0.2, 0.25) is 0 Å². The first-order valence-electron chi connectivity index (χ1n) is 8.23. The SMILES string of the molecule is COc1cccc(CN2CCC3(CC(n4ccnc4)CO3)C2)c1. The number of hydrogen-bond acceptors (Lipinski definition) is 4. The second-order valence-electron chi connectivity index (χ2n) is 6.67. The van der Waals surface area contributed by atoms with Crippen molar-refractivity contribution in [3.05, 3.63) is 48.5 Å². The molecule has 5 heteroatoms. The zero-order valence-electron chi connectivity index (χ0n) is 13.5. The van der Waals surface area contributed by atoms with E-state index in [1.54, 1.807) is 7.11 Å². The molecule has 2 unspecified atom stereocenters. The minimum Gasteiger partial charge on any atom is -0.497 e. The molecule has 2 fully saturated rings. The van der Waals surface area contributed by atoms with Crippen LogP contribution >= 0.6 is 0 Å². The summed E-state index contributed by atoms with van der Waals surface area (Å²) in [6.45, 7) is 3.85. The molecule has 5 nitrogen and oxygen atoms in total. The van der Waals surface area contributed by atoms with Crippen molar-refractivity contribution in [2.75, 3.05) is 26.8 Å². The second kappa shape index (κ2) is 5.98. The molecule has 2 aliphatic heterocycles. The van der Waals surface area contributed by atoms with Crippen LogP contribution in [0.15, 0.2) is 43.0 Å². The predicted octanol–water partition coefficient (Wildman–Crippen LogP) is 2.50. The van der Waals surface area contributed by atoms with Gasteiger partial charge in [-0.3, -0.25) is 4.90 Å². The van der Waals surface area contributed by atoms with E-state index in [0.29, 0.717) is 6.04 Å². The molecule has 2 aliphatic rings. The summed E-state index contributed by atoms with van der Waals surface area (Å²) in [6.07, 6.45) is 7.97. The van der Waals surface area contributed by atoms with Gasteiger partial charge in [-0.25, -0.2) is 4.98 Å². The summed E-state index contributed by atoms with van der Waals surface area (Å²) >= 11 is 0. The van der Waals surface area contributed by atoms with Crippen molar-refractivity contribution in [2.24, 2.45) is 0 Å². The topological polar surface area (TPSA) is 39.5 Å². The van der Waals surface area contributed by atoms with Crippen molar-refractivity contribution >= 4 is 0 Å². The number of ether oxygens (including phenoxy) is 2. The first-order chi connectivity index (χ1) is 11.3. The maximum atomic E-state index is 6.24. The Morgan fingerprint density at radius 3 is 3.22 bits per heavy atom. The molecule has 1 aromatic carbocycles. The van der Waals surface area contributed by atoms with Gasteiger partial charge in [0.05, 0.1) is 31.7 Å². The van der Waals surface area contributed by atoms with Crippen molar-refractivity contribution in [3.63, 3.8) is 0 Å². The molecule has 0 N–H and O–H groups in total. The zero-order valence-corrected chi connectivity index (χ0v) is 13.5. The molecule has 23 heavy (non-hydrogen) atoms. The molecule has 122 valence electrons. The van der Waals surface area contributed by atoms with E-state index in [4.69, 9.17) is 9.47 Å². The lowest BCUT2D eigenvalue weighted by molar-refractivity contribution is 0.0112. The van der Waals surface area contributed by atoms with Crippen molar-refractivity contribution in [1.29, 1.82) is 0 Å². The smallest absolute Gasteiger partial charge is 0.119 e. The average Bonchev–Trinajstić information content (AvgIpc) is 3.30. The first kappa shape index (κ1) is 14.7. The Morgan fingerprint density at radius 1 is 1.43 bits per heavy atom. The van der Waals surface area contributed by atoms with Crippen LogP contribution in [-0.4, -0.2) is 46.9 Å². The summed E-state index contributed by atoms with van der Waals surface area (Å²) in [5.74, 6) is 0.925. The summed E-state index contributed by atoms with van der Waals surface area (Å²) < 4.78 is 13.7. The highest BCUT2D eigenvalue weighted by Crippen LogP contribution is 2.40. The molecule has 3 heterocycles.